The van der Waals surface area contributed by atoms with E-state index in [1.165, 1.54) is 4.90 Å². The molecule has 0 bridgehead atoms. The quantitative estimate of drug-likeness (QED) is 0.522. The zero-order chi connectivity index (χ0) is 14.4. The highest BCUT2D eigenvalue weighted by Gasteiger charge is 2.27. The highest BCUT2D eigenvalue weighted by atomic mass is 32.2. The third-order valence-electron chi connectivity index (χ3n) is 3.47. The van der Waals surface area contributed by atoms with Crippen LogP contribution < -0.4 is 10.6 Å². The summed E-state index contributed by atoms with van der Waals surface area (Å²) in [7, 11) is 0. The number of imide groups is 1. The van der Waals surface area contributed by atoms with Crippen molar-refractivity contribution in [3.8, 4) is 0 Å². The number of hydrogen-bond donors (Lipinski definition) is 2. The second kappa shape index (κ2) is 7.64. The largest absolute Gasteiger partial charge is 0.356 e. The second-order valence-corrected chi connectivity index (χ2v) is 6.22. The standard InChI is InChI=1S/C13H21N3O3S/c17-11(8-10-9-20-7-5-14-10)15-4-1-6-16-12(18)2-3-13(16)19/h10,14H,1-9H2,(H,15,17). The first-order valence-corrected chi connectivity index (χ1v) is 8.23. The summed E-state index contributed by atoms with van der Waals surface area (Å²) < 4.78 is 0. The van der Waals surface area contributed by atoms with Gasteiger partial charge in [0.15, 0.2) is 0 Å². The number of nitrogens with one attached hydrogen (secondary N) is 2. The number of amides is 3. The molecule has 1 atom stereocenters. The fourth-order valence-corrected chi connectivity index (χ4v) is 3.33. The van der Waals surface area contributed by atoms with Gasteiger partial charge in [0.05, 0.1) is 0 Å². The lowest BCUT2D eigenvalue weighted by Crippen LogP contribution is -2.41. The number of rotatable bonds is 6. The van der Waals surface area contributed by atoms with Crippen LogP contribution in [0.5, 0.6) is 0 Å². The lowest BCUT2D eigenvalue weighted by Gasteiger charge is -2.22. The Labute approximate surface area is 123 Å². The van der Waals surface area contributed by atoms with Crippen molar-refractivity contribution in [2.45, 2.75) is 31.7 Å². The molecule has 2 heterocycles. The van der Waals surface area contributed by atoms with Crippen LogP contribution in [-0.4, -0.2) is 59.8 Å². The first kappa shape index (κ1) is 15.3. The molecular formula is C13H21N3O3S. The molecule has 0 spiro atoms. The molecule has 0 aliphatic carbocycles. The van der Waals surface area contributed by atoms with Crippen LogP contribution in [0.4, 0.5) is 0 Å². The highest BCUT2D eigenvalue weighted by molar-refractivity contribution is 7.99. The van der Waals surface area contributed by atoms with Gasteiger partial charge in [0.25, 0.3) is 0 Å². The molecule has 0 aromatic heterocycles. The number of likely N-dealkylation sites (tertiary alicyclic amines) is 1. The van der Waals surface area contributed by atoms with E-state index in [4.69, 9.17) is 0 Å². The lowest BCUT2D eigenvalue weighted by molar-refractivity contribution is -0.138. The monoisotopic (exact) mass is 299 g/mol. The third kappa shape index (κ3) is 4.49. The SMILES string of the molecule is O=C(CC1CSCCN1)NCCCN1C(=O)CCC1=O. The van der Waals surface area contributed by atoms with Crippen LogP contribution in [0.3, 0.4) is 0 Å². The first-order chi connectivity index (χ1) is 9.66. The molecule has 0 aromatic carbocycles. The third-order valence-corrected chi connectivity index (χ3v) is 4.60. The summed E-state index contributed by atoms with van der Waals surface area (Å²) in [6.07, 6.45) is 1.77. The predicted octanol–water partition coefficient (Wildman–Crippen LogP) is -0.263. The molecule has 2 fully saturated rings. The molecule has 6 nitrogen and oxygen atoms in total. The second-order valence-electron chi connectivity index (χ2n) is 5.07. The summed E-state index contributed by atoms with van der Waals surface area (Å²) >= 11 is 1.87. The molecule has 0 aromatic rings. The Kier molecular flexibility index (Phi) is 5.85. The van der Waals surface area contributed by atoms with Crippen molar-refractivity contribution in [2.75, 3.05) is 31.1 Å². The number of carbonyl (C=O) groups excluding carboxylic acids is 3. The van der Waals surface area contributed by atoms with Crippen LogP contribution in [-0.2, 0) is 14.4 Å². The van der Waals surface area contributed by atoms with Gasteiger partial charge in [-0.1, -0.05) is 0 Å². The van der Waals surface area contributed by atoms with Crippen molar-refractivity contribution in [3.63, 3.8) is 0 Å². The van der Waals surface area contributed by atoms with E-state index in [0.717, 1.165) is 18.1 Å². The minimum atomic E-state index is -0.0928. The van der Waals surface area contributed by atoms with E-state index < -0.39 is 0 Å². The van der Waals surface area contributed by atoms with Crippen LogP contribution in [0.2, 0.25) is 0 Å². The summed E-state index contributed by atoms with van der Waals surface area (Å²) in [4.78, 5) is 35.8. The van der Waals surface area contributed by atoms with Gasteiger partial charge in [-0.05, 0) is 6.42 Å². The maximum atomic E-state index is 11.7. The lowest BCUT2D eigenvalue weighted by atomic mass is 10.2. The molecule has 0 radical (unpaired) electrons. The van der Waals surface area contributed by atoms with E-state index in [2.05, 4.69) is 10.6 Å². The Balaban J connectivity index is 1.57. The van der Waals surface area contributed by atoms with Gasteiger partial charge in [-0.2, -0.15) is 11.8 Å². The Morgan fingerprint density at radius 3 is 2.75 bits per heavy atom. The molecule has 7 heteroatoms. The van der Waals surface area contributed by atoms with Crippen LogP contribution in [0.25, 0.3) is 0 Å². The van der Waals surface area contributed by atoms with Gasteiger partial charge >= 0.3 is 0 Å². The van der Waals surface area contributed by atoms with Gasteiger partial charge in [0.1, 0.15) is 0 Å². The van der Waals surface area contributed by atoms with Crippen LogP contribution >= 0.6 is 11.8 Å². The summed E-state index contributed by atoms with van der Waals surface area (Å²) in [5, 5.41) is 6.16. The molecule has 2 aliphatic heterocycles. The van der Waals surface area contributed by atoms with Crippen LogP contribution in [0.1, 0.15) is 25.7 Å². The Morgan fingerprint density at radius 2 is 2.10 bits per heavy atom. The summed E-state index contributed by atoms with van der Waals surface area (Å²) in [6.45, 7) is 1.88. The van der Waals surface area contributed by atoms with E-state index in [1.54, 1.807) is 0 Å². The molecule has 1 unspecified atom stereocenters. The predicted molar refractivity (Wildman–Crippen MR) is 77.3 cm³/mol. The number of hydrogen-bond acceptors (Lipinski definition) is 5. The maximum absolute atomic E-state index is 11.7. The van der Waals surface area contributed by atoms with Crippen molar-refractivity contribution >= 4 is 29.5 Å². The molecule has 112 valence electrons. The van der Waals surface area contributed by atoms with E-state index in [1.807, 2.05) is 11.8 Å². The minimum Gasteiger partial charge on any atom is -0.356 e. The van der Waals surface area contributed by atoms with Gasteiger partial charge in [-0.25, -0.2) is 0 Å². The van der Waals surface area contributed by atoms with Crippen LogP contribution in [0.15, 0.2) is 0 Å². The number of thioether (sulfide) groups is 1. The average Bonchev–Trinajstić information content (AvgIpc) is 2.76. The molecule has 0 saturated carbocycles. The molecule has 3 amide bonds. The van der Waals surface area contributed by atoms with E-state index >= 15 is 0 Å². The molecule has 2 N–H and O–H groups in total. The molecule has 2 rings (SSSR count). The van der Waals surface area contributed by atoms with Gasteiger partial charge in [0.2, 0.25) is 17.7 Å². The Morgan fingerprint density at radius 1 is 1.35 bits per heavy atom. The fourth-order valence-electron chi connectivity index (χ4n) is 2.38. The summed E-state index contributed by atoms with van der Waals surface area (Å²) in [6, 6.07) is 0.260. The highest BCUT2D eigenvalue weighted by Crippen LogP contribution is 2.12. The van der Waals surface area contributed by atoms with E-state index in [-0.39, 0.29) is 23.8 Å². The van der Waals surface area contributed by atoms with Crippen LogP contribution in [0, 0.1) is 0 Å². The summed E-state index contributed by atoms with van der Waals surface area (Å²) in [5.74, 6) is 1.93. The zero-order valence-electron chi connectivity index (χ0n) is 11.5. The summed E-state index contributed by atoms with van der Waals surface area (Å²) in [5.41, 5.74) is 0. The molecular weight excluding hydrogens is 278 g/mol. The van der Waals surface area contributed by atoms with Crippen molar-refractivity contribution in [1.82, 2.24) is 15.5 Å². The Hall–Kier alpha value is -1.08. The maximum Gasteiger partial charge on any atom is 0.229 e. The topological polar surface area (TPSA) is 78.5 Å². The molecule has 2 saturated heterocycles. The Bertz CT molecular complexity index is 367. The van der Waals surface area contributed by atoms with Gasteiger partial charge < -0.3 is 10.6 Å². The fraction of sp³-hybridized carbons (Fsp3) is 0.769. The van der Waals surface area contributed by atoms with Crippen molar-refractivity contribution in [1.29, 1.82) is 0 Å². The normalized spacial score (nSPS) is 23.2. The zero-order valence-corrected chi connectivity index (χ0v) is 12.3. The van der Waals surface area contributed by atoms with E-state index in [9.17, 15) is 14.4 Å². The minimum absolute atomic E-state index is 0.0316. The van der Waals surface area contributed by atoms with Gasteiger partial charge in [0, 0.05) is 56.4 Å². The first-order valence-electron chi connectivity index (χ1n) is 7.08. The molecule has 2 aliphatic rings. The van der Waals surface area contributed by atoms with Crippen molar-refractivity contribution in [3.05, 3.63) is 0 Å². The van der Waals surface area contributed by atoms with E-state index in [0.29, 0.717) is 38.8 Å². The number of carbonyl (C=O) groups is 3. The number of nitrogens with zero attached hydrogens (tertiary/aromatic N) is 1. The van der Waals surface area contributed by atoms with Gasteiger partial charge in [-0.3, -0.25) is 19.3 Å². The van der Waals surface area contributed by atoms with Gasteiger partial charge in [-0.15, -0.1) is 0 Å². The molecule has 20 heavy (non-hydrogen) atoms. The van der Waals surface area contributed by atoms with Crippen molar-refractivity contribution < 1.29 is 14.4 Å². The smallest absolute Gasteiger partial charge is 0.229 e. The van der Waals surface area contributed by atoms with Crippen molar-refractivity contribution in [2.24, 2.45) is 0 Å². The average molecular weight is 299 g/mol.